The molecule has 0 unspecified atom stereocenters. The monoisotopic (exact) mass is 911 g/mol. The number of aliphatic hydroxyl groups is 6. The molecule has 0 aliphatic heterocycles. The summed E-state index contributed by atoms with van der Waals surface area (Å²) in [4.78, 5) is 20.0. The first kappa shape index (κ1) is 128. The maximum atomic E-state index is 10.8. The quantitative estimate of drug-likeness (QED) is 0.0944. The predicted molar refractivity (Wildman–Crippen MR) is 117 cm³/mol. The van der Waals surface area contributed by atoms with Crippen LogP contribution in [0.5, 0.6) is 0 Å². The van der Waals surface area contributed by atoms with E-state index in [1.165, 1.54) is 0 Å². The summed E-state index contributed by atoms with van der Waals surface area (Å²) in [6.45, 7) is -1.87. The molecule has 0 saturated carbocycles. The van der Waals surface area contributed by atoms with Gasteiger partial charge in [-0.15, -0.1) is 0 Å². The van der Waals surface area contributed by atoms with Crippen LogP contribution in [0.2, 0.25) is 0 Å². The normalized spacial score (nSPS) is 12.3. The van der Waals surface area contributed by atoms with Crippen molar-refractivity contribution in [2.45, 2.75) is 48.8 Å². The topological polar surface area (TPSA) is 660 Å². The van der Waals surface area contributed by atoms with Crippen molar-refractivity contribution in [2.75, 3.05) is 13.2 Å². The van der Waals surface area contributed by atoms with Crippen molar-refractivity contribution in [3.05, 3.63) is 0 Å². The summed E-state index contributed by atoms with van der Waals surface area (Å²) >= 11 is 0. The van der Waals surface area contributed by atoms with E-state index in [-0.39, 0.29) is 203 Å². The molecule has 0 heterocycles. The van der Waals surface area contributed by atoms with E-state index in [9.17, 15) is 30.0 Å². The Morgan fingerprint density at radius 3 is 0.744 bits per heavy atom. The van der Waals surface area contributed by atoms with Gasteiger partial charge in [-0.05, 0) is 0 Å². The van der Waals surface area contributed by atoms with Crippen LogP contribution in [0.3, 0.4) is 0 Å². The Hall–Kier alpha value is 2.70. The van der Waals surface area contributed by atoms with Crippen molar-refractivity contribution in [3.63, 3.8) is 0 Å². The van der Waals surface area contributed by atoms with Crippen molar-refractivity contribution in [1.82, 2.24) is 0 Å². The number of rotatable bonds is 10. The van der Waals surface area contributed by atoms with E-state index < -0.39 is 74.0 Å². The van der Waals surface area contributed by atoms with E-state index in [2.05, 4.69) is 0 Å². The van der Waals surface area contributed by atoms with Gasteiger partial charge in [-0.2, -0.15) is 0 Å². The predicted octanol–water partition coefficient (Wildman–Crippen LogP) is -27.2. The largest absolute Gasteiger partial charge is 2.00 e. The molecule has 262 valence electrons. The van der Waals surface area contributed by atoms with E-state index >= 15 is 0 Å². The van der Waals surface area contributed by atoms with E-state index in [0.29, 0.717) is 0 Å². The summed E-state index contributed by atoms with van der Waals surface area (Å²) in [5, 5.41) is 110. The third-order valence-electron chi connectivity index (χ3n) is 2.91. The number of carbonyl (C=O) groups is 2. The van der Waals surface area contributed by atoms with Gasteiger partial charge in [-0.1, -0.05) is 12.2 Å². The van der Waals surface area contributed by atoms with Crippen molar-refractivity contribution in [3.8, 4) is 0 Å². The first-order valence-electron chi connectivity index (χ1n) is 6.86. The summed E-state index contributed by atoms with van der Waals surface area (Å²) < 4.78 is 0. The SMILES string of the molecule is O.O.O.O.O.O.O.O.O.O=C(O)[C@H]([O-])[C@@H](O)[C@H]([O-])[C@H](O)CO.O=C(O)[C@H]([O-])[C@@H](O)[C@H]([O-])[C@H](O)CO.[Na+].[Na+].[Na+].[O-2].[OH-].[OH-].[Sb].[Sb]. The third kappa shape index (κ3) is 54.4. The summed E-state index contributed by atoms with van der Waals surface area (Å²) in [6, 6.07) is 0. The molecule has 8 atom stereocenters. The van der Waals surface area contributed by atoms with Gasteiger partial charge in [0, 0.05) is 73.3 Å². The van der Waals surface area contributed by atoms with Crippen LogP contribution in [0.15, 0.2) is 0 Å². The zero-order chi connectivity index (χ0) is 21.2. The first-order chi connectivity index (χ1) is 11.8. The zero-order valence-corrected chi connectivity index (χ0v) is 33.9. The minimum atomic E-state index is -2.51. The molecule has 0 aromatic rings. The Labute approximate surface area is 344 Å². The van der Waals surface area contributed by atoms with Gasteiger partial charge in [-0.25, -0.2) is 0 Å². The van der Waals surface area contributed by atoms with Gasteiger partial charge in [-0.3, -0.25) is 9.59 Å². The molecule has 0 bridgehead atoms. The number of carboxylic acid groups (broad SMARTS) is 2. The van der Waals surface area contributed by atoms with Gasteiger partial charge in [0.05, 0.1) is 25.4 Å². The molecule has 0 aliphatic rings. The van der Waals surface area contributed by atoms with Gasteiger partial charge in [0.15, 0.2) is 0 Å². The molecule has 0 aromatic heterocycles. The Kier molecular flexibility index (Phi) is 211. The van der Waals surface area contributed by atoms with Crippen LogP contribution in [0, 0.1) is 0 Å². The minimum Gasteiger partial charge on any atom is -2.00 e. The van der Waals surface area contributed by atoms with Crippen LogP contribution in [0.1, 0.15) is 0 Å². The second kappa shape index (κ2) is 70.9. The first-order valence-corrected chi connectivity index (χ1v) is 6.86. The molecule has 26 nitrogen and oxygen atoms in total. The second-order valence-corrected chi connectivity index (χ2v) is 4.93. The molecule has 0 spiro atoms. The van der Waals surface area contributed by atoms with Crippen LogP contribution in [-0.2, 0) is 15.1 Å². The molecule has 31 heteroatoms. The number of hydrogen-bond donors (Lipinski definition) is 8. The maximum Gasteiger partial charge on any atom is 1.00 e. The average molecular weight is 913 g/mol. The standard InChI is InChI=1S/2C6H10O7.3Na.11H2O.O.2Sb/c2*7-1-2(8)3(9)4(10)5(11)6(12)13;;;;;;;;;;;;;;;;;/h2*2-5,7-8,10H,1H2,(H,12,13);;;;11*1H2;;;/q2*-2;3*+1;;;;;;;;;;;;-2;;/p-2/t2*2-,3-,4+,5-;;;;;;;;;;;;;;;;;/m11................./s1. The van der Waals surface area contributed by atoms with Crippen molar-refractivity contribution < 1.29 is 225 Å². The van der Waals surface area contributed by atoms with Gasteiger partial charge in [0.25, 0.3) is 11.9 Å². The fourth-order valence-corrected chi connectivity index (χ4v) is 1.30. The molecular formula is C12H40Na3O26Sb2-5. The Bertz CT molecular complexity index is 414. The number of hydrogen-bond acceptors (Lipinski definition) is 14. The Morgan fingerprint density at radius 1 is 0.512 bits per heavy atom. The summed E-state index contributed by atoms with van der Waals surface area (Å²) in [5.74, 6) is -3.75. The molecule has 43 heavy (non-hydrogen) atoms. The summed E-state index contributed by atoms with van der Waals surface area (Å²) in [7, 11) is 0. The molecular weight excluding hydrogens is 873 g/mol. The van der Waals surface area contributed by atoms with E-state index in [0.717, 1.165) is 0 Å². The molecule has 0 fully saturated rings. The van der Waals surface area contributed by atoms with E-state index in [4.69, 9.17) is 40.9 Å². The number of aliphatic carboxylic acids is 2. The number of aliphatic hydroxyl groups excluding tert-OH is 6. The Balaban J connectivity index is -0.0000000113. The van der Waals surface area contributed by atoms with Crippen molar-refractivity contribution in [2.24, 2.45) is 0 Å². The van der Waals surface area contributed by atoms with Crippen LogP contribution in [-0.4, -0.2) is 224 Å². The van der Waals surface area contributed by atoms with Crippen LogP contribution in [0.25, 0.3) is 0 Å². The molecule has 6 radical (unpaired) electrons. The fourth-order valence-electron chi connectivity index (χ4n) is 1.30. The fraction of sp³-hybridized carbons (Fsp3) is 0.833. The second-order valence-electron chi connectivity index (χ2n) is 4.93. The smallest absolute Gasteiger partial charge is 1.00 e. The van der Waals surface area contributed by atoms with Crippen molar-refractivity contribution >= 4 is 60.8 Å². The van der Waals surface area contributed by atoms with Crippen molar-refractivity contribution in [1.29, 1.82) is 0 Å². The average Bonchev–Trinajstić information content (AvgIpc) is 2.62. The molecule has 0 saturated heterocycles. The maximum absolute atomic E-state index is 10.8. The number of carboxylic acids is 2. The van der Waals surface area contributed by atoms with Crippen LogP contribution >= 0.6 is 0 Å². The molecule has 0 aromatic carbocycles. The zero-order valence-electron chi connectivity index (χ0n) is 22.8. The van der Waals surface area contributed by atoms with E-state index in [1.807, 2.05) is 0 Å². The third-order valence-corrected chi connectivity index (χ3v) is 2.91. The minimum absolute atomic E-state index is 0. The van der Waals surface area contributed by atoms with Gasteiger partial charge in [0.1, 0.15) is 0 Å². The van der Waals surface area contributed by atoms with Gasteiger partial charge < -0.3 is 127 Å². The van der Waals surface area contributed by atoms with E-state index in [1.54, 1.807) is 0 Å². The van der Waals surface area contributed by atoms with Gasteiger partial charge >= 0.3 is 88.7 Å². The Morgan fingerprint density at radius 2 is 0.651 bits per heavy atom. The van der Waals surface area contributed by atoms with Crippen LogP contribution < -0.4 is 109 Å². The van der Waals surface area contributed by atoms with Gasteiger partial charge in [0.2, 0.25) is 0 Å². The van der Waals surface area contributed by atoms with Crippen LogP contribution in [0.4, 0.5) is 0 Å². The summed E-state index contributed by atoms with van der Waals surface area (Å²) in [5.41, 5.74) is 0. The molecule has 28 N–H and O–H groups in total. The molecule has 0 rings (SSSR count). The summed E-state index contributed by atoms with van der Waals surface area (Å²) in [6.07, 6.45) is -17.7. The molecule has 0 aliphatic carbocycles. The molecule has 0 amide bonds.